The Bertz CT molecular complexity index is 187. The molecular formula is C4H10N2O3S. The van der Waals surface area contributed by atoms with E-state index in [9.17, 15) is 13.2 Å². The second kappa shape index (κ2) is 4.24. The summed E-state index contributed by atoms with van der Waals surface area (Å²) >= 11 is 0. The fourth-order valence-corrected chi connectivity index (χ4v) is 0.945. The van der Waals surface area contributed by atoms with E-state index in [0.717, 1.165) is 0 Å². The summed E-state index contributed by atoms with van der Waals surface area (Å²) in [7, 11) is -1.83. The van der Waals surface area contributed by atoms with Crippen LogP contribution < -0.4 is 10.0 Å². The van der Waals surface area contributed by atoms with Crippen LogP contribution in [0, 0.1) is 0 Å². The molecule has 0 fully saturated rings. The van der Waals surface area contributed by atoms with Crippen molar-refractivity contribution >= 4 is 16.4 Å². The SMILES string of the molecule is CNS(=O)(=O)CCNC=O. The van der Waals surface area contributed by atoms with Crippen LogP contribution >= 0.6 is 0 Å². The molecule has 0 saturated carbocycles. The Balaban J connectivity index is 3.58. The van der Waals surface area contributed by atoms with Crippen LogP contribution in [0.4, 0.5) is 0 Å². The third-order valence-electron chi connectivity index (χ3n) is 0.909. The maximum Gasteiger partial charge on any atom is 0.213 e. The summed E-state index contributed by atoms with van der Waals surface area (Å²) in [5, 5.41) is 2.24. The van der Waals surface area contributed by atoms with Crippen LogP contribution in [0.2, 0.25) is 0 Å². The number of carbonyl (C=O) groups excluding carboxylic acids is 1. The van der Waals surface area contributed by atoms with Gasteiger partial charge in [-0.3, -0.25) is 4.79 Å². The molecule has 5 nitrogen and oxygen atoms in total. The van der Waals surface area contributed by atoms with Crippen LogP contribution in [0.15, 0.2) is 0 Å². The molecule has 1 amide bonds. The van der Waals surface area contributed by atoms with E-state index in [1.807, 2.05) is 0 Å². The van der Waals surface area contributed by atoms with E-state index in [1.54, 1.807) is 0 Å². The number of hydrogen-bond acceptors (Lipinski definition) is 3. The van der Waals surface area contributed by atoms with Gasteiger partial charge in [0.15, 0.2) is 0 Å². The van der Waals surface area contributed by atoms with Crippen molar-refractivity contribution in [3.8, 4) is 0 Å². The van der Waals surface area contributed by atoms with Crippen molar-refractivity contribution in [1.29, 1.82) is 0 Å². The maximum atomic E-state index is 10.6. The number of nitrogens with one attached hydrogen (secondary N) is 2. The Hall–Kier alpha value is -0.620. The number of amides is 1. The molecule has 0 rings (SSSR count). The Morgan fingerprint density at radius 2 is 2.10 bits per heavy atom. The second-order valence-electron chi connectivity index (χ2n) is 1.59. The molecule has 0 aliphatic rings. The second-order valence-corrected chi connectivity index (χ2v) is 3.64. The monoisotopic (exact) mass is 166 g/mol. The largest absolute Gasteiger partial charge is 0.358 e. The summed E-state index contributed by atoms with van der Waals surface area (Å²) in [6.07, 6.45) is 0.463. The zero-order valence-electron chi connectivity index (χ0n) is 5.62. The molecule has 10 heavy (non-hydrogen) atoms. The predicted molar refractivity (Wildman–Crippen MR) is 36.9 cm³/mol. The van der Waals surface area contributed by atoms with Gasteiger partial charge in [0.2, 0.25) is 16.4 Å². The number of rotatable bonds is 5. The van der Waals surface area contributed by atoms with Crippen LogP contribution in [0.3, 0.4) is 0 Å². The van der Waals surface area contributed by atoms with E-state index in [1.165, 1.54) is 7.05 Å². The van der Waals surface area contributed by atoms with Gasteiger partial charge in [-0.15, -0.1) is 0 Å². The van der Waals surface area contributed by atoms with E-state index < -0.39 is 10.0 Å². The molecule has 0 atom stereocenters. The van der Waals surface area contributed by atoms with E-state index in [0.29, 0.717) is 6.41 Å². The van der Waals surface area contributed by atoms with Gasteiger partial charge >= 0.3 is 0 Å². The minimum absolute atomic E-state index is 0.0811. The van der Waals surface area contributed by atoms with Gasteiger partial charge in [0, 0.05) is 6.54 Å². The lowest BCUT2D eigenvalue weighted by molar-refractivity contribution is -0.109. The van der Waals surface area contributed by atoms with E-state index >= 15 is 0 Å². The Morgan fingerprint density at radius 3 is 2.50 bits per heavy atom. The molecule has 0 radical (unpaired) electrons. The van der Waals surface area contributed by atoms with Gasteiger partial charge in [-0.05, 0) is 7.05 Å². The highest BCUT2D eigenvalue weighted by atomic mass is 32.2. The molecular weight excluding hydrogens is 156 g/mol. The summed E-state index contributed by atoms with van der Waals surface area (Å²) < 4.78 is 23.3. The van der Waals surface area contributed by atoms with Crippen molar-refractivity contribution in [3.05, 3.63) is 0 Å². The zero-order valence-corrected chi connectivity index (χ0v) is 6.44. The third kappa shape index (κ3) is 4.28. The summed E-state index contributed by atoms with van der Waals surface area (Å²) in [5.74, 6) is -0.0811. The highest BCUT2D eigenvalue weighted by Gasteiger charge is 2.03. The first-order valence-corrected chi connectivity index (χ1v) is 4.36. The Kier molecular flexibility index (Phi) is 3.97. The highest BCUT2D eigenvalue weighted by Crippen LogP contribution is 1.77. The average molecular weight is 166 g/mol. The van der Waals surface area contributed by atoms with Crippen molar-refractivity contribution < 1.29 is 13.2 Å². The molecule has 6 heteroatoms. The molecule has 0 aromatic carbocycles. The van der Waals surface area contributed by atoms with Crippen LogP contribution in [0.25, 0.3) is 0 Å². The first-order valence-electron chi connectivity index (χ1n) is 2.70. The number of sulfonamides is 1. The van der Waals surface area contributed by atoms with Gasteiger partial charge in [0.1, 0.15) is 0 Å². The van der Waals surface area contributed by atoms with Crippen molar-refractivity contribution in [2.75, 3.05) is 19.3 Å². The molecule has 0 aromatic heterocycles. The molecule has 0 aromatic rings. The molecule has 0 heterocycles. The smallest absolute Gasteiger partial charge is 0.213 e. The van der Waals surface area contributed by atoms with Gasteiger partial charge in [0.25, 0.3) is 0 Å². The van der Waals surface area contributed by atoms with Crippen molar-refractivity contribution in [3.63, 3.8) is 0 Å². The van der Waals surface area contributed by atoms with E-state index in [-0.39, 0.29) is 12.3 Å². The quantitative estimate of drug-likeness (QED) is 0.377. The zero-order chi connectivity index (χ0) is 8.04. The average Bonchev–Trinajstić information content (AvgIpc) is 1.89. The van der Waals surface area contributed by atoms with Crippen LogP contribution in [0.1, 0.15) is 0 Å². The first kappa shape index (κ1) is 9.38. The van der Waals surface area contributed by atoms with Crippen LogP contribution in [-0.4, -0.2) is 34.2 Å². The summed E-state index contributed by atoms with van der Waals surface area (Å²) in [6.45, 7) is 0.146. The van der Waals surface area contributed by atoms with E-state index in [4.69, 9.17) is 0 Å². The summed E-state index contributed by atoms with van der Waals surface area (Å²) in [6, 6.07) is 0. The molecule has 0 aliphatic carbocycles. The predicted octanol–water partition coefficient (Wildman–Crippen LogP) is -1.72. The minimum atomic E-state index is -3.16. The highest BCUT2D eigenvalue weighted by molar-refractivity contribution is 7.89. The fourth-order valence-electron chi connectivity index (χ4n) is 0.354. The molecule has 60 valence electrons. The molecule has 0 aliphatic heterocycles. The van der Waals surface area contributed by atoms with Crippen LogP contribution in [-0.2, 0) is 14.8 Å². The van der Waals surface area contributed by atoms with E-state index in [2.05, 4.69) is 10.0 Å². The standard InChI is InChI=1S/C4H10N2O3S/c1-5-10(8,9)3-2-6-4-7/h4-5H,2-3H2,1H3,(H,6,7). The molecule has 0 unspecified atom stereocenters. The van der Waals surface area contributed by atoms with Crippen molar-refractivity contribution in [2.24, 2.45) is 0 Å². The number of hydrogen-bond donors (Lipinski definition) is 2. The summed E-state index contributed by atoms with van der Waals surface area (Å²) in [4.78, 5) is 9.65. The lowest BCUT2D eigenvalue weighted by atomic mass is 10.8. The Labute approximate surface area is 59.9 Å². The first-order chi connectivity index (χ1) is 4.62. The molecule has 0 spiro atoms. The topological polar surface area (TPSA) is 75.3 Å². The minimum Gasteiger partial charge on any atom is -0.358 e. The fraction of sp³-hybridized carbons (Fsp3) is 0.750. The molecule has 0 bridgehead atoms. The lowest BCUT2D eigenvalue weighted by Crippen LogP contribution is -2.28. The van der Waals surface area contributed by atoms with Crippen LogP contribution in [0.5, 0.6) is 0 Å². The summed E-state index contributed by atoms with van der Waals surface area (Å²) in [5.41, 5.74) is 0. The Morgan fingerprint density at radius 1 is 1.50 bits per heavy atom. The number of carbonyl (C=O) groups is 1. The van der Waals surface area contributed by atoms with Gasteiger partial charge in [0.05, 0.1) is 5.75 Å². The van der Waals surface area contributed by atoms with Gasteiger partial charge in [-0.1, -0.05) is 0 Å². The lowest BCUT2D eigenvalue weighted by Gasteiger charge is -1.99. The van der Waals surface area contributed by atoms with Crippen molar-refractivity contribution in [1.82, 2.24) is 10.0 Å². The maximum absolute atomic E-state index is 10.6. The van der Waals surface area contributed by atoms with Gasteiger partial charge in [-0.2, -0.15) is 0 Å². The molecule has 0 saturated heterocycles. The third-order valence-corrected chi connectivity index (χ3v) is 2.27. The van der Waals surface area contributed by atoms with Gasteiger partial charge in [-0.25, -0.2) is 13.1 Å². The normalized spacial score (nSPS) is 10.9. The van der Waals surface area contributed by atoms with Crippen molar-refractivity contribution in [2.45, 2.75) is 0 Å². The van der Waals surface area contributed by atoms with Gasteiger partial charge < -0.3 is 5.32 Å². The molecule has 2 N–H and O–H groups in total.